The first-order chi connectivity index (χ1) is 7.16. The summed E-state index contributed by atoms with van der Waals surface area (Å²) in [4.78, 5) is 8.73. The summed E-state index contributed by atoms with van der Waals surface area (Å²) in [6, 6.07) is 0. The van der Waals surface area contributed by atoms with Crippen LogP contribution in [0, 0.1) is 0 Å². The molecule has 0 radical (unpaired) electrons. The molecule has 0 amide bonds. The van der Waals surface area contributed by atoms with Gasteiger partial charge in [0.15, 0.2) is 0 Å². The summed E-state index contributed by atoms with van der Waals surface area (Å²) < 4.78 is 1.76. The summed E-state index contributed by atoms with van der Waals surface area (Å²) >= 11 is 0. The molecule has 0 saturated carbocycles. The first kappa shape index (κ1) is 9.83. The Morgan fingerprint density at radius 2 is 2.00 bits per heavy atom. The molecule has 78 valence electrons. The van der Waals surface area contributed by atoms with Gasteiger partial charge < -0.3 is 0 Å². The molecule has 2 heterocycles. The molecule has 2 aromatic heterocycles. The standard InChI is InChI=1S/C11H14N4/c1-8(2)10-5-12-6-11(14-10)9-4-13-15(3)7-9/h4-8H,1-3H3. The lowest BCUT2D eigenvalue weighted by molar-refractivity contribution is 0.768. The van der Waals surface area contributed by atoms with Crippen molar-refractivity contribution < 1.29 is 0 Å². The molecule has 4 nitrogen and oxygen atoms in total. The molecule has 0 spiro atoms. The van der Waals surface area contributed by atoms with E-state index in [2.05, 4.69) is 28.9 Å². The first-order valence-corrected chi connectivity index (χ1v) is 4.98. The van der Waals surface area contributed by atoms with Crippen LogP contribution in [0.15, 0.2) is 24.8 Å². The van der Waals surface area contributed by atoms with E-state index in [0.717, 1.165) is 17.0 Å². The van der Waals surface area contributed by atoms with E-state index in [0.29, 0.717) is 5.92 Å². The zero-order valence-electron chi connectivity index (χ0n) is 9.18. The fourth-order valence-corrected chi connectivity index (χ4v) is 1.35. The summed E-state index contributed by atoms with van der Waals surface area (Å²) in [7, 11) is 1.89. The summed E-state index contributed by atoms with van der Waals surface area (Å²) in [6.07, 6.45) is 7.32. The highest BCUT2D eigenvalue weighted by Crippen LogP contribution is 2.17. The highest BCUT2D eigenvalue weighted by molar-refractivity contribution is 5.55. The van der Waals surface area contributed by atoms with Gasteiger partial charge in [-0.25, -0.2) is 4.98 Å². The zero-order valence-corrected chi connectivity index (χ0v) is 9.18. The van der Waals surface area contributed by atoms with Crippen molar-refractivity contribution in [1.29, 1.82) is 0 Å². The first-order valence-electron chi connectivity index (χ1n) is 4.98. The number of nitrogens with zero attached hydrogens (tertiary/aromatic N) is 4. The lowest BCUT2D eigenvalue weighted by Crippen LogP contribution is -1.95. The molecule has 15 heavy (non-hydrogen) atoms. The second kappa shape index (κ2) is 3.81. The average molecular weight is 202 g/mol. The van der Waals surface area contributed by atoms with Crippen LogP contribution in [0.2, 0.25) is 0 Å². The normalized spacial score (nSPS) is 10.9. The van der Waals surface area contributed by atoms with Crippen molar-refractivity contribution >= 4 is 0 Å². The van der Waals surface area contributed by atoms with E-state index in [4.69, 9.17) is 0 Å². The topological polar surface area (TPSA) is 43.6 Å². The molecule has 0 aliphatic heterocycles. The quantitative estimate of drug-likeness (QED) is 0.748. The molecular formula is C11H14N4. The van der Waals surface area contributed by atoms with Crippen molar-refractivity contribution in [2.24, 2.45) is 7.05 Å². The molecular weight excluding hydrogens is 188 g/mol. The monoisotopic (exact) mass is 202 g/mol. The molecule has 0 aliphatic carbocycles. The minimum Gasteiger partial charge on any atom is -0.275 e. The van der Waals surface area contributed by atoms with Gasteiger partial charge in [-0.3, -0.25) is 9.67 Å². The number of hydrogen-bond acceptors (Lipinski definition) is 3. The highest BCUT2D eigenvalue weighted by atomic mass is 15.2. The maximum atomic E-state index is 4.54. The lowest BCUT2D eigenvalue weighted by Gasteiger charge is -2.04. The van der Waals surface area contributed by atoms with Crippen LogP contribution < -0.4 is 0 Å². The Morgan fingerprint density at radius 1 is 1.20 bits per heavy atom. The number of aromatic nitrogens is 4. The van der Waals surface area contributed by atoms with Crippen LogP contribution in [0.1, 0.15) is 25.5 Å². The van der Waals surface area contributed by atoms with Gasteiger partial charge in [-0.05, 0) is 5.92 Å². The number of aryl methyl sites for hydroxylation is 1. The molecule has 0 aromatic carbocycles. The molecule has 2 rings (SSSR count). The van der Waals surface area contributed by atoms with Crippen molar-refractivity contribution in [3.8, 4) is 11.3 Å². The zero-order chi connectivity index (χ0) is 10.8. The minimum atomic E-state index is 0.397. The molecule has 0 fully saturated rings. The van der Waals surface area contributed by atoms with E-state index in [1.54, 1.807) is 17.1 Å². The molecule has 0 unspecified atom stereocenters. The van der Waals surface area contributed by atoms with Gasteiger partial charge in [0.2, 0.25) is 0 Å². The van der Waals surface area contributed by atoms with E-state index >= 15 is 0 Å². The van der Waals surface area contributed by atoms with Crippen LogP contribution in [0.25, 0.3) is 11.3 Å². The maximum absolute atomic E-state index is 4.54. The van der Waals surface area contributed by atoms with Crippen molar-refractivity contribution in [1.82, 2.24) is 19.7 Å². The predicted octanol–water partition coefficient (Wildman–Crippen LogP) is 2.00. The fourth-order valence-electron chi connectivity index (χ4n) is 1.35. The Bertz CT molecular complexity index is 459. The van der Waals surface area contributed by atoms with Crippen LogP contribution in [0.3, 0.4) is 0 Å². The molecule has 0 atom stereocenters. The van der Waals surface area contributed by atoms with Crippen LogP contribution >= 0.6 is 0 Å². The largest absolute Gasteiger partial charge is 0.275 e. The van der Waals surface area contributed by atoms with Crippen LogP contribution in [0.4, 0.5) is 0 Å². The maximum Gasteiger partial charge on any atom is 0.0920 e. The highest BCUT2D eigenvalue weighted by Gasteiger charge is 2.06. The fraction of sp³-hybridized carbons (Fsp3) is 0.364. The van der Waals surface area contributed by atoms with Gasteiger partial charge in [0.25, 0.3) is 0 Å². The summed E-state index contributed by atoms with van der Waals surface area (Å²) in [6.45, 7) is 4.22. The minimum absolute atomic E-state index is 0.397. The van der Waals surface area contributed by atoms with Gasteiger partial charge in [-0.2, -0.15) is 5.10 Å². The predicted molar refractivity (Wildman–Crippen MR) is 58.3 cm³/mol. The molecule has 0 saturated heterocycles. The Labute approximate surface area is 89.0 Å². The summed E-state index contributed by atoms with van der Waals surface area (Å²) in [5.41, 5.74) is 2.90. The molecule has 0 aliphatic rings. The van der Waals surface area contributed by atoms with Gasteiger partial charge in [0.05, 0.1) is 23.8 Å². The number of rotatable bonds is 2. The Hall–Kier alpha value is -1.71. The number of hydrogen-bond donors (Lipinski definition) is 0. The molecule has 0 N–H and O–H groups in total. The van der Waals surface area contributed by atoms with E-state index in [1.165, 1.54) is 0 Å². The van der Waals surface area contributed by atoms with Crippen LogP contribution in [0.5, 0.6) is 0 Å². The van der Waals surface area contributed by atoms with Crippen LogP contribution in [-0.4, -0.2) is 19.7 Å². The van der Waals surface area contributed by atoms with E-state index in [1.807, 2.05) is 19.4 Å². The van der Waals surface area contributed by atoms with Crippen LogP contribution in [-0.2, 0) is 7.05 Å². The third kappa shape index (κ3) is 2.03. The van der Waals surface area contributed by atoms with Gasteiger partial charge >= 0.3 is 0 Å². The average Bonchev–Trinajstić information content (AvgIpc) is 2.65. The van der Waals surface area contributed by atoms with Crippen molar-refractivity contribution in [2.75, 3.05) is 0 Å². The van der Waals surface area contributed by atoms with Gasteiger partial charge in [0.1, 0.15) is 0 Å². The molecule has 4 heteroatoms. The second-order valence-electron chi connectivity index (χ2n) is 3.89. The Kier molecular flexibility index (Phi) is 2.49. The van der Waals surface area contributed by atoms with E-state index in [-0.39, 0.29) is 0 Å². The smallest absolute Gasteiger partial charge is 0.0920 e. The van der Waals surface area contributed by atoms with Crippen molar-refractivity contribution in [3.05, 3.63) is 30.5 Å². The van der Waals surface area contributed by atoms with E-state index < -0.39 is 0 Å². The molecule has 0 bridgehead atoms. The SMILES string of the molecule is CC(C)c1cncc(-c2cnn(C)c2)n1. The summed E-state index contributed by atoms with van der Waals surface area (Å²) in [5, 5.41) is 4.12. The van der Waals surface area contributed by atoms with Crippen molar-refractivity contribution in [3.63, 3.8) is 0 Å². The Morgan fingerprint density at radius 3 is 2.60 bits per heavy atom. The third-order valence-corrected chi connectivity index (χ3v) is 2.25. The summed E-state index contributed by atoms with van der Waals surface area (Å²) in [5.74, 6) is 0.397. The third-order valence-electron chi connectivity index (χ3n) is 2.25. The lowest BCUT2D eigenvalue weighted by atomic mass is 10.1. The molecule has 2 aromatic rings. The van der Waals surface area contributed by atoms with Gasteiger partial charge in [-0.1, -0.05) is 13.8 Å². The van der Waals surface area contributed by atoms with E-state index in [9.17, 15) is 0 Å². The second-order valence-corrected chi connectivity index (χ2v) is 3.89. The van der Waals surface area contributed by atoms with Gasteiger partial charge in [0, 0.05) is 25.0 Å². The Balaban J connectivity index is 2.41. The van der Waals surface area contributed by atoms with Crippen molar-refractivity contribution in [2.45, 2.75) is 19.8 Å². The van der Waals surface area contributed by atoms with Gasteiger partial charge in [-0.15, -0.1) is 0 Å².